The van der Waals surface area contributed by atoms with Gasteiger partial charge in [0, 0.05) is 36.6 Å². The van der Waals surface area contributed by atoms with Gasteiger partial charge in [-0.3, -0.25) is 4.79 Å². The summed E-state index contributed by atoms with van der Waals surface area (Å²) < 4.78 is 26.9. The molecular formula is C13H16F2N2OS. The molecular weight excluding hydrogens is 270 g/mol. The van der Waals surface area contributed by atoms with Gasteiger partial charge in [-0.1, -0.05) is 0 Å². The van der Waals surface area contributed by atoms with E-state index in [2.05, 4.69) is 10.6 Å². The van der Waals surface area contributed by atoms with E-state index in [1.807, 2.05) is 0 Å². The Hall–Kier alpha value is -1.14. The van der Waals surface area contributed by atoms with E-state index in [-0.39, 0.29) is 29.6 Å². The SMILES string of the molecule is Cc1cc(F)c(NC(=O)CC2CSCCN2)cc1F. The van der Waals surface area contributed by atoms with Crippen molar-refractivity contribution in [1.29, 1.82) is 0 Å². The number of anilines is 1. The van der Waals surface area contributed by atoms with Crippen molar-refractivity contribution in [2.45, 2.75) is 19.4 Å². The van der Waals surface area contributed by atoms with Gasteiger partial charge in [-0.15, -0.1) is 0 Å². The van der Waals surface area contributed by atoms with Gasteiger partial charge < -0.3 is 10.6 Å². The molecule has 1 atom stereocenters. The first-order chi connectivity index (χ1) is 9.06. The molecule has 0 bridgehead atoms. The Labute approximate surface area is 115 Å². The van der Waals surface area contributed by atoms with E-state index < -0.39 is 11.6 Å². The van der Waals surface area contributed by atoms with E-state index >= 15 is 0 Å². The summed E-state index contributed by atoms with van der Waals surface area (Å²) >= 11 is 1.78. The molecule has 0 spiro atoms. The van der Waals surface area contributed by atoms with Gasteiger partial charge in [-0.2, -0.15) is 11.8 Å². The van der Waals surface area contributed by atoms with Crippen LogP contribution in [0.4, 0.5) is 14.5 Å². The fourth-order valence-corrected chi connectivity index (χ4v) is 2.87. The van der Waals surface area contributed by atoms with E-state index in [0.717, 1.165) is 30.2 Å². The van der Waals surface area contributed by atoms with Crippen LogP contribution in [0.1, 0.15) is 12.0 Å². The third-order valence-corrected chi connectivity index (χ3v) is 4.08. The molecule has 1 heterocycles. The number of nitrogens with one attached hydrogen (secondary N) is 2. The molecule has 0 aliphatic carbocycles. The van der Waals surface area contributed by atoms with Gasteiger partial charge in [0.15, 0.2) is 0 Å². The minimum atomic E-state index is -0.613. The van der Waals surface area contributed by atoms with E-state index in [9.17, 15) is 13.6 Å². The molecule has 3 nitrogen and oxygen atoms in total. The first-order valence-corrected chi connectivity index (χ1v) is 7.28. The Morgan fingerprint density at radius 1 is 1.47 bits per heavy atom. The van der Waals surface area contributed by atoms with Crippen molar-refractivity contribution in [2.75, 3.05) is 23.4 Å². The van der Waals surface area contributed by atoms with Crippen LogP contribution < -0.4 is 10.6 Å². The zero-order valence-corrected chi connectivity index (χ0v) is 11.4. The van der Waals surface area contributed by atoms with Gasteiger partial charge >= 0.3 is 0 Å². The fraction of sp³-hybridized carbons (Fsp3) is 0.462. The molecule has 1 aliphatic rings. The predicted molar refractivity (Wildman–Crippen MR) is 73.5 cm³/mol. The Bertz CT molecular complexity index is 476. The van der Waals surface area contributed by atoms with Crippen molar-refractivity contribution in [3.05, 3.63) is 29.3 Å². The average Bonchev–Trinajstić information content (AvgIpc) is 2.37. The summed E-state index contributed by atoms with van der Waals surface area (Å²) in [5.74, 6) is 0.456. The number of aryl methyl sites for hydroxylation is 1. The molecule has 1 aliphatic heterocycles. The van der Waals surface area contributed by atoms with E-state index in [1.54, 1.807) is 11.8 Å². The monoisotopic (exact) mass is 286 g/mol. The largest absolute Gasteiger partial charge is 0.323 e. The summed E-state index contributed by atoms with van der Waals surface area (Å²) in [6.45, 7) is 2.35. The zero-order valence-electron chi connectivity index (χ0n) is 10.6. The molecule has 2 N–H and O–H groups in total. The van der Waals surface area contributed by atoms with Crippen molar-refractivity contribution in [1.82, 2.24) is 5.32 Å². The topological polar surface area (TPSA) is 41.1 Å². The van der Waals surface area contributed by atoms with Crippen LogP contribution in [0.3, 0.4) is 0 Å². The van der Waals surface area contributed by atoms with Gasteiger partial charge in [-0.05, 0) is 18.6 Å². The summed E-state index contributed by atoms with van der Waals surface area (Å²) in [6.07, 6.45) is 0.266. The molecule has 0 saturated carbocycles. The highest BCUT2D eigenvalue weighted by atomic mass is 32.2. The second kappa shape index (κ2) is 6.34. The fourth-order valence-electron chi connectivity index (χ4n) is 1.92. The second-order valence-corrected chi connectivity index (χ2v) is 5.71. The molecule has 0 aromatic heterocycles. The summed E-state index contributed by atoms with van der Waals surface area (Å²) in [5.41, 5.74) is 0.123. The van der Waals surface area contributed by atoms with Crippen molar-refractivity contribution < 1.29 is 13.6 Å². The summed E-state index contributed by atoms with van der Waals surface area (Å²) in [4.78, 5) is 11.8. The lowest BCUT2D eigenvalue weighted by Crippen LogP contribution is -2.40. The van der Waals surface area contributed by atoms with Gasteiger partial charge in [0.05, 0.1) is 5.69 Å². The molecule has 6 heteroatoms. The van der Waals surface area contributed by atoms with Crippen LogP contribution in [0, 0.1) is 18.6 Å². The van der Waals surface area contributed by atoms with Crippen molar-refractivity contribution >= 4 is 23.4 Å². The van der Waals surface area contributed by atoms with Gasteiger partial charge in [0.2, 0.25) is 5.91 Å². The standard InChI is InChI=1S/C13H16F2N2OS/c1-8-4-11(15)12(6-10(8)14)17-13(18)5-9-7-19-3-2-16-9/h4,6,9,16H,2-3,5,7H2,1H3,(H,17,18). The number of carbonyl (C=O) groups excluding carboxylic acids is 1. The van der Waals surface area contributed by atoms with Crippen molar-refractivity contribution in [3.8, 4) is 0 Å². The highest BCUT2D eigenvalue weighted by Crippen LogP contribution is 2.19. The predicted octanol–water partition coefficient (Wildman–Crippen LogP) is 2.31. The minimum absolute atomic E-state index is 0.0945. The second-order valence-electron chi connectivity index (χ2n) is 4.56. The maximum absolute atomic E-state index is 13.6. The van der Waals surface area contributed by atoms with Crippen LogP contribution in [0.25, 0.3) is 0 Å². The number of carbonyl (C=O) groups is 1. The molecule has 1 unspecified atom stereocenters. The molecule has 0 radical (unpaired) electrons. The van der Waals surface area contributed by atoms with Crippen LogP contribution in [0.15, 0.2) is 12.1 Å². The maximum Gasteiger partial charge on any atom is 0.226 e. The lowest BCUT2D eigenvalue weighted by Gasteiger charge is -2.22. The number of hydrogen-bond acceptors (Lipinski definition) is 3. The van der Waals surface area contributed by atoms with Crippen molar-refractivity contribution in [2.24, 2.45) is 0 Å². The maximum atomic E-state index is 13.6. The summed E-state index contributed by atoms with van der Waals surface area (Å²) in [5, 5.41) is 5.64. The number of amides is 1. The van der Waals surface area contributed by atoms with Gasteiger partial charge in [0.1, 0.15) is 11.6 Å². The van der Waals surface area contributed by atoms with E-state index in [0.29, 0.717) is 0 Å². The Kier molecular flexibility index (Phi) is 4.76. The number of benzene rings is 1. The van der Waals surface area contributed by atoms with Crippen LogP contribution in [-0.4, -0.2) is 30.0 Å². The Morgan fingerprint density at radius 2 is 2.26 bits per heavy atom. The smallest absolute Gasteiger partial charge is 0.226 e. The number of thioether (sulfide) groups is 1. The molecule has 1 saturated heterocycles. The van der Waals surface area contributed by atoms with E-state index in [4.69, 9.17) is 0 Å². The Morgan fingerprint density at radius 3 is 2.95 bits per heavy atom. The molecule has 1 fully saturated rings. The lowest BCUT2D eigenvalue weighted by molar-refractivity contribution is -0.116. The number of hydrogen-bond donors (Lipinski definition) is 2. The zero-order chi connectivity index (χ0) is 13.8. The molecule has 1 aromatic rings. The third kappa shape index (κ3) is 3.91. The van der Waals surface area contributed by atoms with Crippen molar-refractivity contribution in [3.63, 3.8) is 0 Å². The van der Waals surface area contributed by atoms with Crippen LogP contribution in [0.5, 0.6) is 0 Å². The first kappa shape index (κ1) is 14.3. The Balaban J connectivity index is 1.96. The van der Waals surface area contributed by atoms with E-state index in [1.165, 1.54) is 6.92 Å². The molecule has 1 amide bonds. The van der Waals surface area contributed by atoms with Crippen LogP contribution >= 0.6 is 11.8 Å². The third-order valence-electron chi connectivity index (χ3n) is 2.95. The summed E-state index contributed by atoms with van der Waals surface area (Å²) in [6, 6.07) is 2.20. The van der Waals surface area contributed by atoms with Gasteiger partial charge in [0.25, 0.3) is 0 Å². The normalized spacial score (nSPS) is 19.2. The highest BCUT2D eigenvalue weighted by Gasteiger charge is 2.18. The minimum Gasteiger partial charge on any atom is -0.323 e. The number of rotatable bonds is 3. The molecule has 104 valence electrons. The highest BCUT2D eigenvalue weighted by molar-refractivity contribution is 7.99. The number of halogens is 2. The van der Waals surface area contributed by atoms with Crippen LogP contribution in [-0.2, 0) is 4.79 Å². The van der Waals surface area contributed by atoms with Crippen LogP contribution in [0.2, 0.25) is 0 Å². The average molecular weight is 286 g/mol. The summed E-state index contributed by atoms with van der Waals surface area (Å²) in [7, 11) is 0. The van der Waals surface area contributed by atoms with Gasteiger partial charge in [-0.25, -0.2) is 8.78 Å². The first-order valence-electron chi connectivity index (χ1n) is 6.13. The molecule has 19 heavy (non-hydrogen) atoms. The molecule has 1 aromatic carbocycles. The quantitative estimate of drug-likeness (QED) is 0.896. The lowest BCUT2D eigenvalue weighted by atomic mass is 10.2. The molecule has 2 rings (SSSR count).